The molecule has 0 aliphatic rings. The van der Waals surface area contributed by atoms with Gasteiger partial charge in [-0.3, -0.25) is 19.8 Å². The fraction of sp³-hybridized carbons (Fsp3) is 0.500. The highest BCUT2D eigenvalue weighted by atomic mass is 16.6. The number of nitrogens with zero attached hydrogens (tertiary/aromatic N) is 2. The predicted molar refractivity (Wildman–Crippen MR) is 77.2 cm³/mol. The third-order valence-electron chi connectivity index (χ3n) is 3.12. The summed E-state index contributed by atoms with van der Waals surface area (Å²) in [4.78, 5) is 23.8. The summed E-state index contributed by atoms with van der Waals surface area (Å²) in [5, 5.41) is 11.0. The van der Waals surface area contributed by atoms with Crippen LogP contribution in [0.4, 0.5) is 5.69 Å². The van der Waals surface area contributed by atoms with E-state index in [0.717, 1.165) is 5.56 Å². The molecule has 0 bridgehead atoms. The predicted octanol–water partition coefficient (Wildman–Crippen LogP) is 1.99. The molecule has 7 heteroatoms. The zero-order valence-electron chi connectivity index (χ0n) is 12.7. The number of esters is 1. The van der Waals surface area contributed by atoms with E-state index in [1.54, 1.807) is 12.1 Å². The monoisotopic (exact) mass is 296 g/mol. The maximum absolute atomic E-state index is 11.4. The largest absolute Gasteiger partial charge is 0.490 e. The van der Waals surface area contributed by atoms with Crippen molar-refractivity contribution in [3.05, 3.63) is 33.9 Å². The number of carbonyl (C=O) groups is 1. The van der Waals surface area contributed by atoms with E-state index >= 15 is 0 Å². The molecule has 0 spiro atoms. The molecule has 1 rings (SSSR count). The number of ether oxygens (including phenoxy) is 2. The fourth-order valence-electron chi connectivity index (χ4n) is 1.86. The minimum absolute atomic E-state index is 0.0863. The second-order valence-electron chi connectivity index (χ2n) is 4.84. The molecule has 0 saturated carbocycles. The van der Waals surface area contributed by atoms with Crippen molar-refractivity contribution in [3.63, 3.8) is 0 Å². The van der Waals surface area contributed by atoms with E-state index in [9.17, 15) is 14.9 Å². The van der Waals surface area contributed by atoms with E-state index in [2.05, 4.69) is 4.74 Å². The average Bonchev–Trinajstić information content (AvgIpc) is 2.45. The normalized spacial score (nSPS) is 10.8. The van der Waals surface area contributed by atoms with Crippen molar-refractivity contribution < 1.29 is 19.2 Å². The molecule has 1 aromatic rings. The summed E-state index contributed by atoms with van der Waals surface area (Å²) >= 11 is 0. The highest BCUT2D eigenvalue weighted by Crippen LogP contribution is 2.28. The quantitative estimate of drug-likeness (QED) is 0.435. The van der Waals surface area contributed by atoms with Crippen molar-refractivity contribution in [3.8, 4) is 5.75 Å². The molecule has 7 nitrogen and oxygen atoms in total. The van der Waals surface area contributed by atoms with Crippen molar-refractivity contribution in [2.75, 3.05) is 20.8 Å². The van der Waals surface area contributed by atoms with Crippen LogP contribution in [0.2, 0.25) is 0 Å². The van der Waals surface area contributed by atoms with Crippen LogP contribution in [0.25, 0.3) is 0 Å². The van der Waals surface area contributed by atoms with Gasteiger partial charge in [0.1, 0.15) is 0 Å². The topological polar surface area (TPSA) is 81.9 Å². The maximum Gasteiger partial charge on any atom is 0.319 e. The van der Waals surface area contributed by atoms with E-state index < -0.39 is 4.92 Å². The third kappa shape index (κ3) is 4.71. The van der Waals surface area contributed by atoms with Crippen LogP contribution in [0.3, 0.4) is 0 Å². The molecule has 0 aliphatic heterocycles. The van der Waals surface area contributed by atoms with Crippen LogP contribution in [0, 0.1) is 10.1 Å². The number of benzene rings is 1. The maximum atomic E-state index is 11.4. The van der Waals surface area contributed by atoms with Gasteiger partial charge in [0.25, 0.3) is 0 Å². The minimum Gasteiger partial charge on any atom is -0.490 e. The standard InChI is InChI=1S/C14H20N2O5/c1-10(2)15(9-14(17)21-4)8-11-5-6-13(20-3)12(7-11)16(18)19/h5-7,10H,8-9H2,1-4H3. The number of hydrogen-bond donors (Lipinski definition) is 0. The van der Waals surface area contributed by atoms with Gasteiger partial charge in [-0.15, -0.1) is 0 Å². The van der Waals surface area contributed by atoms with Crippen LogP contribution in [0.15, 0.2) is 18.2 Å². The number of carbonyl (C=O) groups excluding carboxylic acids is 1. The molecule has 0 saturated heterocycles. The highest BCUT2D eigenvalue weighted by Gasteiger charge is 2.19. The smallest absolute Gasteiger partial charge is 0.319 e. The van der Waals surface area contributed by atoms with Crippen molar-refractivity contribution in [1.29, 1.82) is 0 Å². The average molecular weight is 296 g/mol. The first-order chi connectivity index (χ1) is 9.88. The molecule has 0 N–H and O–H groups in total. The Labute approximate surface area is 123 Å². The third-order valence-corrected chi connectivity index (χ3v) is 3.12. The van der Waals surface area contributed by atoms with Crippen molar-refractivity contribution >= 4 is 11.7 Å². The van der Waals surface area contributed by atoms with Crippen LogP contribution in [0.1, 0.15) is 19.4 Å². The van der Waals surface area contributed by atoms with Gasteiger partial charge in [-0.05, 0) is 25.5 Å². The van der Waals surface area contributed by atoms with Crippen LogP contribution in [-0.2, 0) is 16.1 Å². The highest BCUT2D eigenvalue weighted by molar-refractivity contribution is 5.71. The lowest BCUT2D eigenvalue weighted by Crippen LogP contribution is -2.35. The molecule has 0 unspecified atom stereocenters. The van der Waals surface area contributed by atoms with Crippen LogP contribution in [0.5, 0.6) is 5.75 Å². The van der Waals surface area contributed by atoms with E-state index in [1.165, 1.54) is 20.3 Å². The Morgan fingerprint density at radius 3 is 2.52 bits per heavy atom. The van der Waals surface area contributed by atoms with Gasteiger partial charge in [0, 0.05) is 18.7 Å². The van der Waals surface area contributed by atoms with Gasteiger partial charge in [-0.1, -0.05) is 6.07 Å². The summed E-state index contributed by atoms with van der Waals surface area (Å²) in [5.74, 6) is -0.125. The minimum atomic E-state index is -0.484. The molecular formula is C14H20N2O5. The first-order valence-corrected chi connectivity index (χ1v) is 6.51. The van der Waals surface area contributed by atoms with Crippen molar-refractivity contribution in [2.24, 2.45) is 0 Å². The second-order valence-corrected chi connectivity index (χ2v) is 4.84. The molecule has 21 heavy (non-hydrogen) atoms. The Balaban J connectivity index is 2.96. The molecule has 0 heterocycles. The molecule has 0 fully saturated rings. The van der Waals surface area contributed by atoms with Crippen LogP contribution < -0.4 is 4.74 Å². The zero-order chi connectivity index (χ0) is 16.0. The summed E-state index contributed by atoms with van der Waals surface area (Å²) in [6, 6.07) is 4.87. The number of nitro groups is 1. The summed E-state index contributed by atoms with van der Waals surface area (Å²) in [7, 11) is 2.72. The van der Waals surface area contributed by atoms with Gasteiger partial charge in [-0.25, -0.2) is 0 Å². The first-order valence-electron chi connectivity index (χ1n) is 6.51. The fourth-order valence-corrected chi connectivity index (χ4v) is 1.86. The molecule has 0 aromatic heterocycles. The Bertz CT molecular complexity index is 516. The SMILES string of the molecule is COC(=O)CN(Cc1ccc(OC)c([N+](=O)[O-])c1)C(C)C. The van der Waals surface area contributed by atoms with Gasteiger partial charge in [0.15, 0.2) is 5.75 Å². The van der Waals surface area contributed by atoms with E-state index in [1.807, 2.05) is 18.7 Å². The lowest BCUT2D eigenvalue weighted by Gasteiger charge is -2.25. The van der Waals surface area contributed by atoms with Gasteiger partial charge in [-0.2, -0.15) is 0 Å². The van der Waals surface area contributed by atoms with E-state index in [0.29, 0.717) is 6.54 Å². The summed E-state index contributed by atoms with van der Waals surface area (Å²) < 4.78 is 9.62. The van der Waals surface area contributed by atoms with Gasteiger partial charge in [0.05, 0.1) is 25.7 Å². The number of rotatable bonds is 7. The van der Waals surface area contributed by atoms with Crippen LogP contribution >= 0.6 is 0 Å². The molecule has 0 amide bonds. The number of nitro benzene ring substituents is 1. The Morgan fingerprint density at radius 1 is 1.38 bits per heavy atom. The van der Waals surface area contributed by atoms with Gasteiger partial charge >= 0.3 is 11.7 Å². The molecule has 116 valence electrons. The molecule has 1 aromatic carbocycles. The molecule has 0 aliphatic carbocycles. The molecule has 0 radical (unpaired) electrons. The van der Waals surface area contributed by atoms with E-state index in [-0.39, 0.29) is 30.0 Å². The van der Waals surface area contributed by atoms with Crippen LogP contribution in [-0.4, -0.2) is 42.6 Å². The lowest BCUT2D eigenvalue weighted by molar-refractivity contribution is -0.385. The second kappa shape index (κ2) is 7.58. The molecular weight excluding hydrogens is 276 g/mol. The van der Waals surface area contributed by atoms with E-state index in [4.69, 9.17) is 4.74 Å². The summed E-state index contributed by atoms with van der Waals surface area (Å²) in [6.45, 7) is 4.44. The van der Waals surface area contributed by atoms with Crippen molar-refractivity contribution in [2.45, 2.75) is 26.4 Å². The Kier molecular flexibility index (Phi) is 6.10. The van der Waals surface area contributed by atoms with Gasteiger partial charge in [0.2, 0.25) is 0 Å². The lowest BCUT2D eigenvalue weighted by atomic mass is 10.1. The molecule has 0 atom stereocenters. The first kappa shape index (κ1) is 16.9. The Morgan fingerprint density at radius 2 is 2.05 bits per heavy atom. The zero-order valence-corrected chi connectivity index (χ0v) is 12.7. The number of hydrogen-bond acceptors (Lipinski definition) is 6. The summed E-state index contributed by atoms with van der Waals surface area (Å²) in [5.41, 5.74) is 0.650. The summed E-state index contributed by atoms with van der Waals surface area (Å²) in [6.07, 6.45) is 0. The van der Waals surface area contributed by atoms with Crippen molar-refractivity contribution in [1.82, 2.24) is 4.90 Å². The number of methoxy groups -OCH3 is 2. The Hall–Kier alpha value is -2.15. The van der Waals surface area contributed by atoms with Gasteiger partial charge < -0.3 is 9.47 Å².